The lowest BCUT2D eigenvalue weighted by Crippen LogP contribution is -2.00. The van der Waals surface area contributed by atoms with Crippen LogP contribution >= 0.6 is 0 Å². The molecule has 0 saturated carbocycles. The number of methoxy groups -OCH3 is 1. The molecular weight excluding hydrogens is 356 g/mol. The molecule has 0 bridgehead atoms. The lowest BCUT2D eigenvalue weighted by Gasteiger charge is -2.17. The quantitative estimate of drug-likeness (QED) is 0.361. The summed E-state index contributed by atoms with van der Waals surface area (Å²) >= 11 is 0. The van der Waals surface area contributed by atoms with Gasteiger partial charge in [0.2, 0.25) is 0 Å². The van der Waals surface area contributed by atoms with Crippen molar-refractivity contribution in [3.05, 3.63) is 114 Å². The molecular formula is C27H22O2. The Morgan fingerprint density at radius 3 is 2.07 bits per heavy atom. The summed E-state index contributed by atoms with van der Waals surface area (Å²) in [6.45, 7) is 0. The van der Waals surface area contributed by atoms with Gasteiger partial charge in [-0.15, -0.1) is 0 Å². The predicted molar refractivity (Wildman–Crippen MR) is 119 cm³/mol. The summed E-state index contributed by atoms with van der Waals surface area (Å²) in [6.07, 6.45) is 1.62. The molecule has 0 amide bonds. The van der Waals surface area contributed by atoms with Crippen LogP contribution in [0.15, 0.2) is 97.1 Å². The topological polar surface area (TPSA) is 26.3 Å². The van der Waals surface area contributed by atoms with Gasteiger partial charge in [-0.1, -0.05) is 84.9 Å². The van der Waals surface area contributed by atoms with Crippen LogP contribution in [0.4, 0.5) is 0 Å². The van der Waals surface area contributed by atoms with Crippen LogP contribution < -0.4 is 4.74 Å². The number of hydrogen-bond acceptors (Lipinski definition) is 2. The van der Waals surface area contributed by atoms with E-state index in [0.29, 0.717) is 11.3 Å². The third-order valence-electron chi connectivity index (χ3n) is 5.10. The second-order valence-electron chi connectivity index (χ2n) is 6.95. The van der Waals surface area contributed by atoms with Crippen LogP contribution in [0.2, 0.25) is 0 Å². The molecule has 0 radical (unpaired) electrons. The molecule has 4 aromatic carbocycles. The smallest absolute Gasteiger partial charge is 0.153 e. The van der Waals surface area contributed by atoms with Crippen molar-refractivity contribution < 1.29 is 9.53 Å². The van der Waals surface area contributed by atoms with Gasteiger partial charge in [-0.25, -0.2) is 0 Å². The second-order valence-corrected chi connectivity index (χ2v) is 6.95. The van der Waals surface area contributed by atoms with E-state index in [0.717, 1.165) is 40.5 Å². The first-order chi connectivity index (χ1) is 14.3. The summed E-state index contributed by atoms with van der Waals surface area (Å²) in [6, 6.07) is 32.9. The van der Waals surface area contributed by atoms with Crippen LogP contribution in [-0.2, 0) is 6.42 Å². The van der Waals surface area contributed by atoms with Crippen molar-refractivity contribution in [2.45, 2.75) is 6.42 Å². The molecule has 0 aliphatic rings. The number of aldehydes is 1. The monoisotopic (exact) mass is 378 g/mol. The van der Waals surface area contributed by atoms with Crippen LogP contribution in [0.5, 0.6) is 5.75 Å². The minimum Gasteiger partial charge on any atom is -0.495 e. The standard InChI is InChI=1S/C27H22O2/c1-29-27-25(19-28)16-15-24(17-20-9-4-2-5-10-20)26(27)23-14-8-13-22(18-23)21-11-6-3-7-12-21/h2-16,18-19H,17H2,1H3. The fourth-order valence-corrected chi connectivity index (χ4v) is 3.72. The van der Waals surface area contributed by atoms with Crippen molar-refractivity contribution in [2.75, 3.05) is 7.11 Å². The summed E-state index contributed by atoms with van der Waals surface area (Å²) in [5.74, 6) is 0.624. The zero-order valence-corrected chi connectivity index (χ0v) is 16.3. The molecule has 0 spiro atoms. The Labute approximate surface area is 171 Å². The highest BCUT2D eigenvalue weighted by Crippen LogP contribution is 2.38. The minimum atomic E-state index is 0.560. The Bertz CT molecular complexity index is 1120. The third kappa shape index (κ3) is 3.97. The highest BCUT2D eigenvalue weighted by Gasteiger charge is 2.17. The van der Waals surface area contributed by atoms with Gasteiger partial charge in [0.05, 0.1) is 12.7 Å². The Morgan fingerprint density at radius 2 is 1.38 bits per heavy atom. The van der Waals surface area contributed by atoms with E-state index in [-0.39, 0.29) is 0 Å². The van der Waals surface area contributed by atoms with E-state index < -0.39 is 0 Å². The van der Waals surface area contributed by atoms with E-state index in [9.17, 15) is 4.79 Å². The number of benzene rings is 4. The molecule has 0 unspecified atom stereocenters. The molecule has 0 aliphatic heterocycles. The van der Waals surface area contributed by atoms with E-state index in [1.165, 1.54) is 5.56 Å². The third-order valence-corrected chi connectivity index (χ3v) is 5.10. The highest BCUT2D eigenvalue weighted by atomic mass is 16.5. The Morgan fingerprint density at radius 1 is 0.724 bits per heavy atom. The van der Waals surface area contributed by atoms with E-state index in [1.807, 2.05) is 48.5 Å². The maximum atomic E-state index is 11.6. The minimum absolute atomic E-state index is 0.560. The Balaban J connectivity index is 1.88. The zero-order valence-electron chi connectivity index (χ0n) is 16.3. The predicted octanol–water partition coefficient (Wildman–Crippen LogP) is 6.43. The van der Waals surface area contributed by atoms with Gasteiger partial charge in [-0.05, 0) is 46.4 Å². The molecule has 0 fully saturated rings. The largest absolute Gasteiger partial charge is 0.495 e. The first-order valence-corrected chi connectivity index (χ1v) is 9.65. The molecule has 4 aromatic rings. The normalized spacial score (nSPS) is 10.5. The second kappa shape index (κ2) is 8.57. The fourth-order valence-electron chi connectivity index (χ4n) is 3.72. The maximum absolute atomic E-state index is 11.6. The van der Waals surface area contributed by atoms with Gasteiger partial charge in [-0.2, -0.15) is 0 Å². The van der Waals surface area contributed by atoms with Gasteiger partial charge in [0, 0.05) is 5.56 Å². The molecule has 2 nitrogen and oxygen atoms in total. The molecule has 29 heavy (non-hydrogen) atoms. The van der Waals surface area contributed by atoms with E-state index >= 15 is 0 Å². The van der Waals surface area contributed by atoms with Crippen molar-refractivity contribution in [3.8, 4) is 28.0 Å². The van der Waals surface area contributed by atoms with E-state index in [4.69, 9.17) is 4.74 Å². The van der Waals surface area contributed by atoms with Gasteiger partial charge in [0.25, 0.3) is 0 Å². The first kappa shape index (κ1) is 18.7. The molecule has 0 heterocycles. The molecule has 0 atom stereocenters. The van der Waals surface area contributed by atoms with Gasteiger partial charge >= 0.3 is 0 Å². The van der Waals surface area contributed by atoms with Crippen LogP contribution in [0.1, 0.15) is 21.5 Å². The van der Waals surface area contributed by atoms with Crippen molar-refractivity contribution in [1.29, 1.82) is 0 Å². The van der Waals surface area contributed by atoms with Crippen molar-refractivity contribution in [3.63, 3.8) is 0 Å². The average molecular weight is 378 g/mol. The summed E-state index contributed by atoms with van der Waals surface area (Å²) in [5, 5.41) is 0. The summed E-state index contributed by atoms with van der Waals surface area (Å²) in [4.78, 5) is 11.6. The lowest BCUT2D eigenvalue weighted by atomic mass is 9.90. The summed E-state index contributed by atoms with van der Waals surface area (Å²) < 4.78 is 5.71. The van der Waals surface area contributed by atoms with Crippen LogP contribution in [0.3, 0.4) is 0 Å². The first-order valence-electron chi connectivity index (χ1n) is 9.65. The number of hydrogen-bond donors (Lipinski definition) is 0. The SMILES string of the molecule is COc1c(C=O)ccc(Cc2ccccc2)c1-c1cccc(-c2ccccc2)c1. The number of carbonyl (C=O) groups excluding carboxylic acids is 1. The van der Waals surface area contributed by atoms with Crippen LogP contribution in [0.25, 0.3) is 22.3 Å². The summed E-state index contributed by atoms with van der Waals surface area (Å²) in [7, 11) is 1.62. The molecule has 142 valence electrons. The van der Waals surface area contributed by atoms with E-state index in [1.54, 1.807) is 7.11 Å². The van der Waals surface area contributed by atoms with Gasteiger partial charge in [-0.3, -0.25) is 4.79 Å². The van der Waals surface area contributed by atoms with Crippen LogP contribution in [-0.4, -0.2) is 13.4 Å². The van der Waals surface area contributed by atoms with Crippen LogP contribution in [0, 0.1) is 0 Å². The van der Waals surface area contributed by atoms with Gasteiger partial charge in [0.1, 0.15) is 5.75 Å². The van der Waals surface area contributed by atoms with E-state index in [2.05, 4.69) is 48.5 Å². The summed E-state index contributed by atoms with van der Waals surface area (Å²) in [5.41, 5.74) is 7.20. The Hall–Kier alpha value is -3.65. The zero-order chi connectivity index (χ0) is 20.1. The molecule has 2 heteroatoms. The molecule has 0 aromatic heterocycles. The molecule has 0 aliphatic carbocycles. The number of ether oxygens (including phenoxy) is 1. The maximum Gasteiger partial charge on any atom is 0.153 e. The number of rotatable bonds is 6. The fraction of sp³-hybridized carbons (Fsp3) is 0.0741. The Kier molecular flexibility index (Phi) is 5.53. The average Bonchev–Trinajstić information content (AvgIpc) is 2.80. The lowest BCUT2D eigenvalue weighted by molar-refractivity contribution is 0.112. The molecule has 0 N–H and O–H groups in total. The van der Waals surface area contributed by atoms with Gasteiger partial charge < -0.3 is 4.74 Å². The molecule has 0 saturated heterocycles. The van der Waals surface area contributed by atoms with Crippen molar-refractivity contribution in [1.82, 2.24) is 0 Å². The molecule has 4 rings (SSSR count). The van der Waals surface area contributed by atoms with Crippen molar-refractivity contribution in [2.24, 2.45) is 0 Å². The highest BCUT2D eigenvalue weighted by molar-refractivity contribution is 5.88. The van der Waals surface area contributed by atoms with Gasteiger partial charge in [0.15, 0.2) is 6.29 Å². The van der Waals surface area contributed by atoms with Crippen molar-refractivity contribution >= 4 is 6.29 Å². The number of carbonyl (C=O) groups is 1.